The van der Waals surface area contributed by atoms with E-state index in [0.717, 1.165) is 0 Å². The van der Waals surface area contributed by atoms with Crippen LogP contribution in [-0.4, -0.2) is 69.3 Å². The molecule has 29 heavy (non-hydrogen) atoms. The molecule has 3 aromatic rings. The smallest absolute Gasteiger partial charge is 0.467 e. The molecule has 1 fully saturated rings. The topological polar surface area (TPSA) is 188 Å². The van der Waals surface area contributed by atoms with Crippen LogP contribution in [0, 0.1) is 0 Å². The predicted molar refractivity (Wildman–Crippen MR) is 96.8 cm³/mol. The predicted octanol–water partition coefficient (Wildman–Crippen LogP) is -0.678. The van der Waals surface area contributed by atoms with Crippen LogP contribution in [0.5, 0.6) is 0 Å². The van der Waals surface area contributed by atoms with E-state index in [-0.39, 0.29) is 0 Å². The molecule has 4 atom stereocenters. The van der Waals surface area contributed by atoms with Gasteiger partial charge in [0.05, 0.1) is 19.1 Å². The molecule has 0 amide bonds. The van der Waals surface area contributed by atoms with Crippen LogP contribution in [0.4, 0.5) is 5.82 Å². The molecule has 0 aromatic carbocycles. The van der Waals surface area contributed by atoms with Crippen LogP contribution < -0.4 is 5.32 Å². The molecule has 0 aliphatic carbocycles. The number of aliphatic hydroxyl groups excluding tert-OH is 2. The van der Waals surface area contributed by atoms with Crippen molar-refractivity contribution in [1.29, 1.82) is 0 Å². The number of anilines is 1. The normalized spacial score (nSPS) is 25.0. The monoisotopic (exact) mass is 428 g/mol. The van der Waals surface area contributed by atoms with E-state index < -0.39 is 39.3 Å². The largest absolute Gasteiger partial charge is 0.567 e. The Morgan fingerprint density at radius 2 is 2.00 bits per heavy atom. The van der Waals surface area contributed by atoms with Crippen molar-refractivity contribution >= 4 is 25.2 Å². The van der Waals surface area contributed by atoms with Crippen molar-refractivity contribution in [3.63, 3.8) is 0 Å². The number of ether oxygens (including phenoxy) is 1. The Labute approximate surface area is 163 Å². The lowest BCUT2D eigenvalue weighted by molar-refractivity contribution is -0.0523. The van der Waals surface area contributed by atoms with Gasteiger partial charge in [0.1, 0.15) is 37.0 Å². The number of hydrogen-bond acceptors (Lipinski definition) is 12. The average molecular weight is 428 g/mol. The third kappa shape index (κ3) is 4.22. The van der Waals surface area contributed by atoms with Crippen LogP contribution in [0.25, 0.3) is 11.2 Å². The highest BCUT2D eigenvalue weighted by molar-refractivity contribution is 7.53. The van der Waals surface area contributed by atoms with E-state index in [9.17, 15) is 10.2 Å². The first kappa shape index (κ1) is 20.1. The Morgan fingerprint density at radius 3 is 2.72 bits per heavy atom. The maximum atomic E-state index is 10.4. The molecule has 4 heterocycles. The SMILES string of the molecule is O[C@@H]1[C@H](O)[C@@H](CO[P+](O)(O)O)O[C@H]1n1cnc2c(NCc3ccco3)ncnc21. The van der Waals surface area contributed by atoms with Crippen LogP contribution in [0.1, 0.15) is 12.0 Å². The zero-order valence-electron chi connectivity index (χ0n) is 14.8. The summed E-state index contributed by atoms with van der Waals surface area (Å²) < 4.78 is 16.7. The molecule has 13 nitrogen and oxygen atoms in total. The second-order valence-corrected chi connectivity index (χ2v) is 7.62. The van der Waals surface area contributed by atoms with Gasteiger partial charge in [-0.2, -0.15) is 19.2 Å². The molecule has 1 aliphatic heterocycles. The van der Waals surface area contributed by atoms with E-state index >= 15 is 0 Å². The number of hydrogen-bond donors (Lipinski definition) is 6. The quantitative estimate of drug-likeness (QED) is 0.261. The Balaban J connectivity index is 1.54. The highest BCUT2D eigenvalue weighted by Gasteiger charge is 2.47. The van der Waals surface area contributed by atoms with Crippen LogP contribution >= 0.6 is 8.17 Å². The molecule has 0 bridgehead atoms. The molecular weight excluding hydrogens is 409 g/mol. The standard InChI is InChI=1S/C15H19N5O8P/c21-11-9(5-27-29(23,24)25)28-15(12(11)22)20-7-19-10-13(17-6-18-14(10)20)16-4-8-2-1-3-26-8/h1-3,6-7,9,11-12,15,21-25H,4-5H2,(H,16,17,18)/q+1/t9-,11-,12-,15-/m1/s1. The van der Waals surface area contributed by atoms with Crippen molar-refractivity contribution in [2.75, 3.05) is 11.9 Å². The molecule has 4 rings (SSSR count). The number of aliphatic hydroxyl groups is 2. The van der Waals surface area contributed by atoms with Gasteiger partial charge in [-0.05, 0) is 12.1 Å². The van der Waals surface area contributed by atoms with Crippen molar-refractivity contribution < 1.29 is 38.6 Å². The summed E-state index contributed by atoms with van der Waals surface area (Å²) in [6.45, 7) is -0.162. The van der Waals surface area contributed by atoms with Crippen LogP contribution in [-0.2, 0) is 15.8 Å². The lowest BCUT2D eigenvalue weighted by Gasteiger charge is -2.16. The summed E-state index contributed by atoms with van der Waals surface area (Å²) in [5, 5.41) is 23.6. The second kappa shape index (κ2) is 7.89. The van der Waals surface area contributed by atoms with Crippen molar-refractivity contribution in [3.8, 4) is 0 Å². The summed E-state index contributed by atoms with van der Waals surface area (Å²) in [4.78, 5) is 39.4. The number of imidazole rings is 1. The van der Waals surface area contributed by atoms with Crippen molar-refractivity contribution in [3.05, 3.63) is 36.8 Å². The Kier molecular flexibility index (Phi) is 5.46. The maximum Gasteiger partial charge on any atom is 0.567 e. The van der Waals surface area contributed by atoms with Crippen LogP contribution in [0.3, 0.4) is 0 Å². The number of nitrogens with one attached hydrogen (secondary N) is 1. The molecule has 6 N–H and O–H groups in total. The molecule has 14 heteroatoms. The first-order valence-electron chi connectivity index (χ1n) is 8.50. The summed E-state index contributed by atoms with van der Waals surface area (Å²) in [6, 6.07) is 3.57. The summed E-state index contributed by atoms with van der Waals surface area (Å²) >= 11 is 0. The second-order valence-electron chi connectivity index (χ2n) is 6.33. The number of rotatable bonds is 7. The molecule has 0 spiro atoms. The molecular formula is C15H19N5O8P+. The van der Waals surface area contributed by atoms with E-state index in [1.54, 1.807) is 18.4 Å². The Morgan fingerprint density at radius 1 is 1.17 bits per heavy atom. The summed E-state index contributed by atoms with van der Waals surface area (Å²) in [7, 11) is -4.50. The first-order chi connectivity index (χ1) is 13.8. The van der Waals surface area contributed by atoms with Crippen LogP contribution in [0.15, 0.2) is 35.5 Å². The van der Waals surface area contributed by atoms with E-state index in [4.69, 9.17) is 23.8 Å². The molecule has 0 radical (unpaired) electrons. The summed E-state index contributed by atoms with van der Waals surface area (Å²) in [6.07, 6.45) is -0.714. The zero-order valence-corrected chi connectivity index (χ0v) is 15.7. The lowest BCUT2D eigenvalue weighted by Crippen LogP contribution is -2.33. The van der Waals surface area contributed by atoms with Gasteiger partial charge in [-0.3, -0.25) is 4.57 Å². The first-order valence-corrected chi connectivity index (χ1v) is 10.1. The van der Waals surface area contributed by atoms with Gasteiger partial charge in [0.2, 0.25) is 0 Å². The zero-order chi connectivity index (χ0) is 20.6. The average Bonchev–Trinajstić information content (AvgIpc) is 3.39. The van der Waals surface area contributed by atoms with Gasteiger partial charge in [0.25, 0.3) is 0 Å². The molecule has 0 unspecified atom stereocenters. The molecule has 3 aromatic heterocycles. The minimum Gasteiger partial charge on any atom is -0.467 e. The van der Waals surface area contributed by atoms with Gasteiger partial charge in [-0.1, -0.05) is 0 Å². The maximum absolute atomic E-state index is 10.4. The molecule has 0 saturated carbocycles. The molecule has 1 saturated heterocycles. The van der Waals surface area contributed by atoms with E-state index in [2.05, 4.69) is 24.8 Å². The summed E-state index contributed by atoms with van der Waals surface area (Å²) in [5.41, 5.74) is 0.753. The third-order valence-electron chi connectivity index (χ3n) is 4.39. The van der Waals surface area contributed by atoms with Crippen LogP contribution in [0.2, 0.25) is 0 Å². The number of furan rings is 1. The summed E-state index contributed by atoms with van der Waals surface area (Å²) in [5.74, 6) is 1.14. The number of fused-ring (bicyclic) bond motifs is 1. The minimum atomic E-state index is -4.50. The van der Waals surface area contributed by atoms with Gasteiger partial charge in [-0.15, -0.1) is 0 Å². The highest BCUT2D eigenvalue weighted by atomic mass is 31.2. The van der Waals surface area contributed by atoms with E-state index in [1.807, 2.05) is 0 Å². The fraction of sp³-hybridized carbons (Fsp3) is 0.400. The third-order valence-corrected chi connectivity index (χ3v) is 4.89. The van der Waals surface area contributed by atoms with Crippen molar-refractivity contribution in [1.82, 2.24) is 19.5 Å². The van der Waals surface area contributed by atoms with E-state index in [0.29, 0.717) is 29.3 Å². The van der Waals surface area contributed by atoms with Gasteiger partial charge < -0.3 is 24.7 Å². The van der Waals surface area contributed by atoms with Gasteiger partial charge in [0.15, 0.2) is 23.2 Å². The lowest BCUT2D eigenvalue weighted by atomic mass is 10.1. The minimum absolute atomic E-state index is 0.341. The fourth-order valence-corrected chi connectivity index (χ4v) is 3.37. The molecule has 1 aliphatic rings. The van der Waals surface area contributed by atoms with Gasteiger partial charge >= 0.3 is 8.17 Å². The van der Waals surface area contributed by atoms with E-state index in [1.165, 1.54) is 17.2 Å². The Hall–Kier alpha value is -2.22. The van der Waals surface area contributed by atoms with Gasteiger partial charge in [-0.25, -0.2) is 15.0 Å². The number of aromatic nitrogens is 4. The molecule has 156 valence electrons. The van der Waals surface area contributed by atoms with Gasteiger partial charge in [0, 0.05) is 0 Å². The Bertz CT molecular complexity index is 961. The highest BCUT2D eigenvalue weighted by Crippen LogP contribution is 2.46. The van der Waals surface area contributed by atoms with Crippen molar-refractivity contribution in [2.24, 2.45) is 0 Å². The van der Waals surface area contributed by atoms with Crippen molar-refractivity contribution in [2.45, 2.75) is 31.1 Å². The number of nitrogens with zero attached hydrogens (tertiary/aromatic N) is 4. The fourth-order valence-electron chi connectivity index (χ4n) is 3.02.